The predicted molar refractivity (Wildman–Crippen MR) is 139 cm³/mol. The van der Waals surface area contributed by atoms with Gasteiger partial charge in [0.25, 0.3) is 0 Å². The van der Waals surface area contributed by atoms with Gasteiger partial charge in [0.2, 0.25) is 0 Å². The normalized spacial score (nSPS) is 17.0. The third kappa shape index (κ3) is 3.63. The summed E-state index contributed by atoms with van der Waals surface area (Å²) in [6.07, 6.45) is 0.614. The summed E-state index contributed by atoms with van der Waals surface area (Å²) in [5.41, 5.74) is 0. The summed E-state index contributed by atoms with van der Waals surface area (Å²) in [7, 11) is -1.93. The first-order chi connectivity index (χ1) is 15.2. The van der Waals surface area contributed by atoms with Gasteiger partial charge >= 0.3 is 0 Å². The molecule has 1 heterocycles. The second-order valence-electron chi connectivity index (χ2n) is 8.07. The highest BCUT2D eigenvalue weighted by Gasteiger charge is 2.51. The summed E-state index contributed by atoms with van der Waals surface area (Å²) in [5, 5.41) is 5.26. The predicted octanol–water partition coefficient (Wildman–Crippen LogP) is 4.67. The number of hydrogen-bond donors (Lipinski definition) is 0. The molecule has 0 unspecified atom stereocenters. The molecule has 31 heavy (non-hydrogen) atoms. The van der Waals surface area contributed by atoms with Crippen molar-refractivity contribution in [2.24, 2.45) is 0 Å². The van der Waals surface area contributed by atoms with Crippen molar-refractivity contribution in [3.63, 3.8) is 0 Å². The first-order valence-electron chi connectivity index (χ1n) is 10.6. The number of carbonyl (C=O) groups excluding carboxylic acids is 1. The Morgan fingerprint density at radius 1 is 0.548 bits per heavy atom. The molecule has 0 spiro atoms. The van der Waals surface area contributed by atoms with Crippen molar-refractivity contribution in [2.45, 2.75) is 0 Å². The Balaban J connectivity index is 1.83. The fourth-order valence-electron chi connectivity index (χ4n) is 4.80. The maximum atomic E-state index is 13.6. The summed E-state index contributed by atoms with van der Waals surface area (Å²) in [5.74, 6) is 3.42. The van der Waals surface area contributed by atoms with Crippen LogP contribution in [0.5, 0.6) is 0 Å². The van der Waals surface area contributed by atoms with Crippen LogP contribution >= 0.6 is 14.1 Å². The minimum absolute atomic E-state index is 0.285. The Labute approximate surface area is 185 Å². The van der Waals surface area contributed by atoms with Crippen LogP contribution in [0, 0.1) is 0 Å². The highest BCUT2D eigenvalue weighted by Crippen LogP contribution is 2.69. The van der Waals surface area contributed by atoms with Crippen LogP contribution in [0.25, 0.3) is 0 Å². The molecule has 0 amide bonds. The standard InChI is InChI=1S/C28H25OP2/c29-24-21-30(25-13-5-1-6-14-25,26-15-7-2-8-16-26)23-31(22-24,27-17-9-3-10-18-27)28-19-11-4-12-20-28/h1-21H,22-23H2/q+1. The third-order valence-corrected chi connectivity index (χ3v) is 16.5. The average molecular weight is 439 g/mol. The molecule has 1 nitrogen and oxygen atoms in total. The molecule has 0 atom stereocenters. The summed E-state index contributed by atoms with van der Waals surface area (Å²) in [4.78, 5) is 13.6. The van der Waals surface area contributed by atoms with E-state index in [1.54, 1.807) is 0 Å². The van der Waals surface area contributed by atoms with Crippen molar-refractivity contribution in [2.75, 3.05) is 12.1 Å². The van der Waals surface area contributed by atoms with Crippen LogP contribution < -0.4 is 21.2 Å². The van der Waals surface area contributed by atoms with Gasteiger partial charge in [-0.15, -0.1) is 0 Å². The molecule has 0 aromatic heterocycles. The number of benzene rings is 4. The summed E-state index contributed by atoms with van der Waals surface area (Å²) >= 11 is 0. The van der Waals surface area contributed by atoms with Crippen molar-refractivity contribution < 1.29 is 4.79 Å². The van der Waals surface area contributed by atoms with Gasteiger partial charge in [0.1, 0.15) is 16.8 Å². The fourth-order valence-corrected chi connectivity index (χ4v) is 16.7. The smallest absolute Gasteiger partial charge is 0.194 e. The van der Waals surface area contributed by atoms with Gasteiger partial charge in [0.05, 0.1) is 13.2 Å². The number of rotatable bonds is 4. The van der Waals surface area contributed by atoms with Crippen LogP contribution in [0.1, 0.15) is 0 Å². The first-order valence-corrected chi connectivity index (χ1v) is 14.8. The lowest BCUT2D eigenvalue weighted by atomic mass is 10.4. The van der Waals surface area contributed by atoms with E-state index in [-0.39, 0.29) is 5.78 Å². The van der Waals surface area contributed by atoms with Crippen LogP contribution in [0.3, 0.4) is 0 Å². The number of Topliss-reactive ketones (excluding diaryl/α,β-unsaturated/α-hetero) is 1. The molecule has 5 rings (SSSR count). The average Bonchev–Trinajstić information content (AvgIpc) is 2.86. The minimum Gasteiger partial charge on any atom is -0.291 e. The van der Waals surface area contributed by atoms with Gasteiger partial charge in [-0.2, -0.15) is 0 Å². The van der Waals surface area contributed by atoms with Crippen LogP contribution in [-0.4, -0.2) is 23.6 Å². The molecular weight excluding hydrogens is 414 g/mol. The lowest BCUT2D eigenvalue weighted by Crippen LogP contribution is -2.38. The molecular formula is C28H25OP2+. The molecule has 1 aliphatic heterocycles. The Bertz CT molecular complexity index is 1150. The van der Waals surface area contributed by atoms with Crippen molar-refractivity contribution in [3.05, 3.63) is 121 Å². The van der Waals surface area contributed by atoms with Crippen molar-refractivity contribution in [3.8, 4) is 0 Å². The van der Waals surface area contributed by atoms with E-state index in [0.29, 0.717) is 6.16 Å². The second kappa shape index (κ2) is 8.43. The van der Waals surface area contributed by atoms with Crippen LogP contribution in [-0.2, 0) is 4.79 Å². The first kappa shape index (κ1) is 20.2. The molecule has 4 aromatic carbocycles. The van der Waals surface area contributed by atoms with Gasteiger partial charge in [-0.3, -0.25) is 4.79 Å². The zero-order chi connectivity index (χ0) is 21.2. The highest BCUT2D eigenvalue weighted by molar-refractivity contribution is 8.05. The van der Waals surface area contributed by atoms with E-state index in [4.69, 9.17) is 0 Å². The molecule has 4 aromatic rings. The lowest BCUT2D eigenvalue weighted by molar-refractivity contribution is -0.110. The van der Waals surface area contributed by atoms with Gasteiger partial charge in [-0.25, -0.2) is 0 Å². The summed E-state index contributed by atoms with van der Waals surface area (Å²) < 4.78 is 0. The molecule has 152 valence electrons. The molecule has 0 saturated heterocycles. The molecule has 1 aliphatic rings. The minimum atomic E-state index is -2.03. The number of ketones is 1. The number of carbonyl (C=O) groups is 1. The van der Waals surface area contributed by atoms with E-state index >= 15 is 0 Å². The van der Waals surface area contributed by atoms with E-state index in [0.717, 1.165) is 5.90 Å². The van der Waals surface area contributed by atoms with E-state index in [1.165, 1.54) is 21.2 Å². The van der Waals surface area contributed by atoms with Gasteiger partial charge < -0.3 is 0 Å². The van der Waals surface area contributed by atoms with Gasteiger partial charge in [0.15, 0.2) is 5.78 Å². The molecule has 3 heteroatoms. The molecule has 0 radical (unpaired) electrons. The monoisotopic (exact) mass is 439 g/mol. The van der Waals surface area contributed by atoms with E-state index in [1.807, 2.05) is 0 Å². The van der Waals surface area contributed by atoms with E-state index in [2.05, 4.69) is 127 Å². The molecule has 0 saturated carbocycles. The van der Waals surface area contributed by atoms with E-state index in [9.17, 15) is 4.79 Å². The van der Waals surface area contributed by atoms with Crippen molar-refractivity contribution in [1.29, 1.82) is 0 Å². The zero-order valence-electron chi connectivity index (χ0n) is 17.3. The maximum absolute atomic E-state index is 13.6. The second-order valence-corrected chi connectivity index (χ2v) is 15.5. The molecule has 0 aliphatic carbocycles. The quantitative estimate of drug-likeness (QED) is 0.423. The van der Waals surface area contributed by atoms with Crippen molar-refractivity contribution >= 4 is 46.9 Å². The SMILES string of the molecule is O=C1C=P(c2ccccc2)(c2ccccc2)C[P+](c2ccccc2)(c2ccccc2)C1. The Kier molecular flexibility index (Phi) is 5.49. The molecule has 0 N–H and O–H groups in total. The summed E-state index contributed by atoms with van der Waals surface area (Å²) in [6.45, 7) is -2.03. The largest absolute Gasteiger partial charge is 0.291 e. The van der Waals surface area contributed by atoms with E-state index < -0.39 is 14.1 Å². The van der Waals surface area contributed by atoms with Crippen LogP contribution in [0.4, 0.5) is 0 Å². The van der Waals surface area contributed by atoms with Gasteiger partial charge in [0, 0.05) is 0 Å². The van der Waals surface area contributed by atoms with Crippen molar-refractivity contribution in [1.82, 2.24) is 0 Å². The lowest BCUT2D eigenvalue weighted by Gasteiger charge is -2.38. The van der Waals surface area contributed by atoms with Gasteiger partial charge in [-0.1, -0.05) is 97.1 Å². The van der Waals surface area contributed by atoms with Crippen LogP contribution in [0.15, 0.2) is 121 Å². The number of hydrogen-bond acceptors (Lipinski definition) is 1. The highest BCUT2D eigenvalue weighted by atomic mass is 31.2. The molecule has 0 fully saturated rings. The summed E-state index contributed by atoms with van der Waals surface area (Å²) in [6, 6.07) is 43.0. The Morgan fingerprint density at radius 3 is 1.35 bits per heavy atom. The maximum Gasteiger partial charge on any atom is 0.194 e. The Morgan fingerprint density at radius 2 is 0.935 bits per heavy atom. The topological polar surface area (TPSA) is 17.1 Å². The third-order valence-electron chi connectivity index (χ3n) is 6.19. The van der Waals surface area contributed by atoms with Crippen LogP contribution in [0.2, 0.25) is 0 Å². The fraction of sp³-hybridized carbons (Fsp3) is 0.0714. The van der Waals surface area contributed by atoms with Gasteiger partial charge in [-0.05, 0) is 47.6 Å². The molecule has 0 bridgehead atoms. The Hall–Kier alpha value is -2.72. The zero-order valence-corrected chi connectivity index (χ0v) is 19.1.